The van der Waals surface area contributed by atoms with E-state index in [0.717, 1.165) is 23.3 Å². The van der Waals surface area contributed by atoms with Crippen LogP contribution in [0.3, 0.4) is 0 Å². The lowest BCUT2D eigenvalue weighted by Crippen LogP contribution is -1.94. The van der Waals surface area contributed by atoms with Crippen LogP contribution in [0, 0.1) is 0 Å². The quantitative estimate of drug-likeness (QED) is 0.411. The molecule has 0 aliphatic heterocycles. The van der Waals surface area contributed by atoms with Crippen LogP contribution in [0.2, 0.25) is 0 Å². The van der Waals surface area contributed by atoms with Gasteiger partial charge in [0.05, 0.1) is 0 Å². The van der Waals surface area contributed by atoms with E-state index >= 15 is 0 Å². The number of rotatable bonds is 6. The highest BCUT2D eigenvalue weighted by Gasteiger charge is 2.02. The summed E-state index contributed by atoms with van der Waals surface area (Å²) >= 11 is 1.78. The van der Waals surface area contributed by atoms with E-state index in [1.54, 1.807) is 17.8 Å². The van der Waals surface area contributed by atoms with E-state index in [2.05, 4.69) is 19.9 Å². The number of carbonyl (C=O) groups is 1. The van der Waals surface area contributed by atoms with Gasteiger partial charge in [0.25, 0.3) is 0 Å². The second-order valence-corrected chi connectivity index (χ2v) is 6.04. The Hall–Kier alpha value is -1.80. The van der Waals surface area contributed by atoms with Gasteiger partial charge in [-0.25, -0.2) is 0 Å². The normalized spacial score (nSPS) is 11.0. The molecule has 0 amide bonds. The molecule has 0 aliphatic carbocycles. The van der Waals surface area contributed by atoms with Crippen LogP contribution in [0.15, 0.2) is 59.5 Å². The molecule has 0 saturated heterocycles. The molecular weight excluding hydrogens is 276 g/mol. The van der Waals surface area contributed by atoms with Crippen molar-refractivity contribution in [1.82, 2.24) is 0 Å². The topological polar surface area (TPSA) is 17.1 Å². The number of thioether (sulfide) groups is 1. The highest BCUT2D eigenvalue weighted by molar-refractivity contribution is 7.99. The van der Waals surface area contributed by atoms with E-state index in [-0.39, 0.29) is 5.78 Å². The predicted molar refractivity (Wildman–Crippen MR) is 92.0 cm³/mol. The van der Waals surface area contributed by atoms with Gasteiger partial charge in [-0.2, -0.15) is 0 Å². The van der Waals surface area contributed by atoms with E-state index in [0.29, 0.717) is 0 Å². The van der Waals surface area contributed by atoms with Crippen LogP contribution in [0.25, 0.3) is 6.08 Å². The Balaban J connectivity index is 2.11. The summed E-state index contributed by atoms with van der Waals surface area (Å²) in [5.41, 5.74) is 3.11. The number of benzene rings is 2. The molecule has 0 heterocycles. The Labute approximate surface area is 131 Å². The number of hydrogen-bond donors (Lipinski definition) is 0. The minimum atomic E-state index is 0.0500. The number of carbonyl (C=O) groups excluding carboxylic acids is 1. The predicted octanol–water partition coefficient (Wildman–Crippen LogP) is 5.26. The monoisotopic (exact) mass is 296 g/mol. The molecule has 2 aromatic carbocycles. The average Bonchev–Trinajstić information content (AvgIpc) is 2.54. The Morgan fingerprint density at radius 2 is 1.76 bits per heavy atom. The second kappa shape index (κ2) is 7.84. The maximum atomic E-state index is 12.2. The Kier molecular flexibility index (Phi) is 5.82. The first-order valence-electron chi connectivity index (χ1n) is 7.27. The van der Waals surface area contributed by atoms with Crippen molar-refractivity contribution in [2.75, 3.05) is 5.75 Å². The van der Waals surface area contributed by atoms with Gasteiger partial charge in [-0.3, -0.25) is 4.79 Å². The van der Waals surface area contributed by atoms with Gasteiger partial charge in [-0.1, -0.05) is 44.2 Å². The molecule has 0 fully saturated rings. The SMILES string of the molecule is CCSc1ccc(C(=O)/C=C/c2ccccc2CC)cc1. The molecule has 0 unspecified atom stereocenters. The summed E-state index contributed by atoms with van der Waals surface area (Å²) in [6.45, 7) is 4.25. The molecule has 0 aliphatic rings. The van der Waals surface area contributed by atoms with Crippen molar-refractivity contribution in [2.24, 2.45) is 0 Å². The first-order valence-corrected chi connectivity index (χ1v) is 8.26. The molecule has 0 atom stereocenters. The maximum absolute atomic E-state index is 12.2. The van der Waals surface area contributed by atoms with Crippen molar-refractivity contribution in [1.29, 1.82) is 0 Å². The fraction of sp³-hybridized carbons (Fsp3) is 0.211. The van der Waals surface area contributed by atoms with E-state index in [4.69, 9.17) is 0 Å². The minimum absolute atomic E-state index is 0.0500. The molecule has 0 spiro atoms. The van der Waals surface area contributed by atoms with Gasteiger partial charge in [-0.15, -0.1) is 11.8 Å². The highest BCUT2D eigenvalue weighted by atomic mass is 32.2. The number of ketones is 1. The van der Waals surface area contributed by atoms with Crippen LogP contribution < -0.4 is 0 Å². The van der Waals surface area contributed by atoms with Crippen molar-refractivity contribution in [3.63, 3.8) is 0 Å². The van der Waals surface area contributed by atoms with Gasteiger partial charge < -0.3 is 0 Å². The molecule has 2 heteroatoms. The first kappa shape index (κ1) is 15.6. The molecule has 0 radical (unpaired) electrons. The van der Waals surface area contributed by atoms with Crippen molar-refractivity contribution >= 4 is 23.6 Å². The molecule has 2 rings (SSSR count). The standard InChI is InChI=1S/C19H20OS/c1-3-15-7-5-6-8-16(15)11-14-19(20)17-9-12-18(13-10-17)21-4-2/h5-14H,3-4H2,1-2H3/b14-11+. The van der Waals surface area contributed by atoms with Crippen LogP contribution >= 0.6 is 11.8 Å². The molecule has 108 valence electrons. The summed E-state index contributed by atoms with van der Waals surface area (Å²) in [5.74, 6) is 1.09. The third kappa shape index (κ3) is 4.33. The fourth-order valence-electron chi connectivity index (χ4n) is 2.16. The number of aryl methyl sites for hydroxylation is 1. The molecule has 0 N–H and O–H groups in total. The molecule has 0 bridgehead atoms. The van der Waals surface area contributed by atoms with Crippen molar-refractivity contribution in [3.8, 4) is 0 Å². The summed E-state index contributed by atoms with van der Waals surface area (Å²) in [7, 11) is 0. The Morgan fingerprint density at radius 3 is 2.43 bits per heavy atom. The maximum Gasteiger partial charge on any atom is 0.185 e. The van der Waals surface area contributed by atoms with Crippen LogP contribution in [0.1, 0.15) is 35.3 Å². The lowest BCUT2D eigenvalue weighted by atomic mass is 10.0. The zero-order valence-electron chi connectivity index (χ0n) is 12.5. The van der Waals surface area contributed by atoms with Crippen molar-refractivity contribution < 1.29 is 4.79 Å². The van der Waals surface area contributed by atoms with Gasteiger partial charge in [0.2, 0.25) is 0 Å². The Morgan fingerprint density at radius 1 is 1.05 bits per heavy atom. The van der Waals surface area contributed by atoms with Gasteiger partial charge in [0, 0.05) is 10.5 Å². The molecule has 1 nitrogen and oxygen atoms in total. The third-order valence-electron chi connectivity index (χ3n) is 3.30. The van der Waals surface area contributed by atoms with Crippen LogP contribution in [-0.4, -0.2) is 11.5 Å². The molecule has 0 aromatic heterocycles. The van der Waals surface area contributed by atoms with E-state index in [1.165, 1.54) is 10.5 Å². The molecule has 21 heavy (non-hydrogen) atoms. The van der Waals surface area contributed by atoms with Crippen molar-refractivity contribution in [3.05, 3.63) is 71.3 Å². The minimum Gasteiger partial charge on any atom is -0.289 e. The van der Waals surface area contributed by atoms with Gasteiger partial charge in [0.15, 0.2) is 5.78 Å². The lowest BCUT2D eigenvalue weighted by molar-refractivity contribution is 0.104. The number of hydrogen-bond acceptors (Lipinski definition) is 2. The average molecular weight is 296 g/mol. The van der Waals surface area contributed by atoms with Gasteiger partial charge in [-0.05, 0) is 53.6 Å². The van der Waals surface area contributed by atoms with E-state index in [1.807, 2.05) is 48.5 Å². The summed E-state index contributed by atoms with van der Waals surface area (Å²) in [5, 5.41) is 0. The van der Waals surface area contributed by atoms with Crippen LogP contribution in [-0.2, 0) is 6.42 Å². The van der Waals surface area contributed by atoms with Gasteiger partial charge in [0.1, 0.15) is 0 Å². The second-order valence-electron chi connectivity index (χ2n) is 4.71. The van der Waals surface area contributed by atoms with Crippen LogP contribution in [0.5, 0.6) is 0 Å². The van der Waals surface area contributed by atoms with Crippen LogP contribution in [0.4, 0.5) is 0 Å². The zero-order chi connectivity index (χ0) is 15.1. The summed E-state index contributed by atoms with van der Waals surface area (Å²) in [6, 6.07) is 16.0. The fourth-order valence-corrected chi connectivity index (χ4v) is 2.82. The zero-order valence-corrected chi connectivity index (χ0v) is 13.3. The van der Waals surface area contributed by atoms with E-state index in [9.17, 15) is 4.79 Å². The smallest absolute Gasteiger partial charge is 0.185 e. The largest absolute Gasteiger partial charge is 0.289 e. The van der Waals surface area contributed by atoms with Gasteiger partial charge >= 0.3 is 0 Å². The number of allylic oxidation sites excluding steroid dienone is 1. The summed E-state index contributed by atoms with van der Waals surface area (Å²) < 4.78 is 0. The van der Waals surface area contributed by atoms with Crippen molar-refractivity contribution in [2.45, 2.75) is 25.2 Å². The summed E-state index contributed by atoms with van der Waals surface area (Å²) in [4.78, 5) is 13.4. The molecular formula is C19H20OS. The van der Waals surface area contributed by atoms with E-state index < -0.39 is 0 Å². The third-order valence-corrected chi connectivity index (χ3v) is 4.19. The Bertz CT molecular complexity index is 626. The highest BCUT2D eigenvalue weighted by Crippen LogP contribution is 2.18. The summed E-state index contributed by atoms with van der Waals surface area (Å²) in [6.07, 6.45) is 4.55. The first-order chi connectivity index (χ1) is 10.2. The molecule has 0 saturated carbocycles. The lowest BCUT2D eigenvalue weighted by Gasteiger charge is -2.02. The molecule has 2 aromatic rings.